The molecule has 2 aromatic carbocycles. The number of unbranched alkanes of at least 4 members (excludes halogenated alkanes) is 4. The van der Waals surface area contributed by atoms with Crippen molar-refractivity contribution in [3.8, 4) is 0 Å². The van der Waals surface area contributed by atoms with Crippen molar-refractivity contribution in [2.45, 2.75) is 65.1 Å². The topological polar surface area (TPSA) is 74.6 Å². The Hall–Kier alpha value is -1.76. The van der Waals surface area contributed by atoms with E-state index in [1.54, 1.807) is 12.1 Å². The van der Waals surface area contributed by atoms with Gasteiger partial charge in [-0.15, -0.1) is 0 Å². The van der Waals surface area contributed by atoms with E-state index in [4.69, 9.17) is 10.0 Å². The molecule has 0 aliphatic heterocycles. The predicted molar refractivity (Wildman–Crippen MR) is 129 cm³/mol. The van der Waals surface area contributed by atoms with Crippen LogP contribution in [0, 0.1) is 0 Å². The molecule has 0 aliphatic carbocycles. The zero-order valence-corrected chi connectivity index (χ0v) is 19.7. The molecule has 0 unspecified atom stereocenters. The molecule has 0 atom stereocenters. The molecule has 2 rings (SSSR count). The number of benzene rings is 2. The fraction of sp³-hybridized carbons (Fsp3) is 0.417. The van der Waals surface area contributed by atoms with Crippen LogP contribution in [0.15, 0.2) is 53.0 Å². The van der Waals surface area contributed by atoms with Gasteiger partial charge >= 0.3 is 7.12 Å². The van der Waals surface area contributed by atoms with Crippen molar-refractivity contribution in [2.24, 2.45) is 0 Å². The molecular formula is C24H34BBrO4. The Morgan fingerprint density at radius 2 is 1.23 bits per heavy atom. The lowest BCUT2D eigenvalue weighted by molar-refractivity contribution is 0.111. The van der Waals surface area contributed by atoms with E-state index < -0.39 is 7.12 Å². The van der Waals surface area contributed by atoms with Gasteiger partial charge in [0.1, 0.15) is 12.6 Å². The second-order valence-electron chi connectivity index (χ2n) is 6.96. The van der Waals surface area contributed by atoms with Crippen molar-refractivity contribution in [3.05, 3.63) is 69.7 Å². The lowest BCUT2D eigenvalue weighted by Gasteiger charge is -1.99. The van der Waals surface area contributed by atoms with Crippen LogP contribution in [0.5, 0.6) is 0 Å². The van der Waals surface area contributed by atoms with Gasteiger partial charge in [-0.25, -0.2) is 0 Å². The summed E-state index contributed by atoms with van der Waals surface area (Å²) in [7, 11) is -1.10. The summed E-state index contributed by atoms with van der Waals surface area (Å²) in [5, 5.41) is 16.7. The SMILES string of the molecule is CCCCCB(O)O.CCCCCc1ccc(C=O)cc1.O=Cc1ccc(Br)cc1. The van der Waals surface area contributed by atoms with E-state index in [2.05, 4.69) is 29.8 Å². The molecule has 0 bridgehead atoms. The normalized spacial score (nSPS) is 9.50. The first kappa shape index (κ1) is 28.2. The monoisotopic (exact) mass is 476 g/mol. The Morgan fingerprint density at radius 1 is 0.767 bits per heavy atom. The van der Waals surface area contributed by atoms with E-state index in [1.165, 1.54) is 24.8 Å². The minimum atomic E-state index is -1.10. The predicted octanol–water partition coefficient (Wildman–Crippen LogP) is 6.14. The highest BCUT2D eigenvalue weighted by molar-refractivity contribution is 9.10. The lowest BCUT2D eigenvalue weighted by atomic mass is 9.84. The average Bonchev–Trinajstić information content (AvgIpc) is 2.76. The van der Waals surface area contributed by atoms with Gasteiger partial charge in [-0.3, -0.25) is 9.59 Å². The maximum absolute atomic E-state index is 10.4. The minimum Gasteiger partial charge on any atom is -0.427 e. The molecule has 4 nitrogen and oxygen atoms in total. The maximum atomic E-state index is 10.4. The Bertz CT molecular complexity index is 673. The van der Waals surface area contributed by atoms with E-state index in [0.29, 0.717) is 11.9 Å². The number of rotatable bonds is 10. The van der Waals surface area contributed by atoms with Crippen molar-refractivity contribution < 1.29 is 19.6 Å². The molecule has 0 radical (unpaired) electrons. The number of carbonyl (C=O) groups excluding carboxylic acids is 2. The number of halogens is 1. The largest absolute Gasteiger partial charge is 0.451 e. The van der Waals surface area contributed by atoms with Crippen LogP contribution in [0.3, 0.4) is 0 Å². The first-order valence-corrected chi connectivity index (χ1v) is 11.4. The Labute approximate surface area is 190 Å². The number of hydrogen-bond acceptors (Lipinski definition) is 4. The van der Waals surface area contributed by atoms with Crippen LogP contribution in [0.1, 0.15) is 78.7 Å². The summed E-state index contributed by atoms with van der Waals surface area (Å²) < 4.78 is 0.994. The van der Waals surface area contributed by atoms with Gasteiger partial charge in [0, 0.05) is 15.6 Å². The Kier molecular flexibility index (Phi) is 18.1. The van der Waals surface area contributed by atoms with Crippen LogP contribution >= 0.6 is 15.9 Å². The van der Waals surface area contributed by atoms with Crippen LogP contribution in [-0.2, 0) is 6.42 Å². The van der Waals surface area contributed by atoms with Crippen molar-refractivity contribution in [1.82, 2.24) is 0 Å². The Balaban J connectivity index is 0.000000438. The molecule has 30 heavy (non-hydrogen) atoms. The molecular weight excluding hydrogens is 443 g/mol. The number of carbonyl (C=O) groups is 2. The van der Waals surface area contributed by atoms with E-state index >= 15 is 0 Å². The van der Waals surface area contributed by atoms with Gasteiger partial charge in [0.15, 0.2) is 0 Å². The summed E-state index contributed by atoms with van der Waals surface area (Å²) in [4.78, 5) is 20.5. The second-order valence-corrected chi connectivity index (χ2v) is 7.88. The van der Waals surface area contributed by atoms with Gasteiger partial charge < -0.3 is 10.0 Å². The highest BCUT2D eigenvalue weighted by atomic mass is 79.9. The smallest absolute Gasteiger partial charge is 0.427 e. The molecule has 0 spiro atoms. The summed E-state index contributed by atoms with van der Waals surface area (Å²) in [5.41, 5.74) is 2.80. The third kappa shape index (κ3) is 16.1. The third-order valence-corrected chi connectivity index (χ3v) is 4.79. The fourth-order valence-corrected chi connectivity index (χ4v) is 2.72. The van der Waals surface area contributed by atoms with E-state index in [0.717, 1.165) is 48.3 Å². The fourth-order valence-electron chi connectivity index (χ4n) is 2.46. The number of hydrogen-bond donors (Lipinski definition) is 2. The molecule has 6 heteroatoms. The van der Waals surface area contributed by atoms with Crippen molar-refractivity contribution in [1.29, 1.82) is 0 Å². The molecule has 2 N–H and O–H groups in total. The van der Waals surface area contributed by atoms with E-state index in [9.17, 15) is 9.59 Å². The summed E-state index contributed by atoms with van der Waals surface area (Å²) in [5.74, 6) is 0. The standard InChI is InChI=1S/C12H16O.C7H5BrO.C5H13BO2/c1-2-3-4-5-11-6-8-12(10-13)9-7-11;8-7-3-1-6(5-9)2-4-7;1-2-3-4-5-6(7)8/h6-10H,2-5H2,1H3;1-5H;7-8H,2-5H2,1H3. The molecule has 0 aromatic heterocycles. The molecule has 0 fully saturated rings. The highest BCUT2D eigenvalue weighted by Crippen LogP contribution is 2.09. The second kappa shape index (κ2) is 19.2. The zero-order chi connectivity index (χ0) is 22.6. The van der Waals surface area contributed by atoms with Gasteiger partial charge in [0.05, 0.1) is 0 Å². The van der Waals surface area contributed by atoms with E-state index in [-0.39, 0.29) is 0 Å². The van der Waals surface area contributed by atoms with Crippen LogP contribution in [-0.4, -0.2) is 29.7 Å². The van der Waals surface area contributed by atoms with Gasteiger partial charge in [-0.05, 0) is 36.9 Å². The van der Waals surface area contributed by atoms with Crippen molar-refractivity contribution >= 4 is 35.6 Å². The van der Waals surface area contributed by atoms with Gasteiger partial charge in [0.2, 0.25) is 0 Å². The van der Waals surface area contributed by atoms with Gasteiger partial charge in [-0.1, -0.05) is 98.3 Å². The quantitative estimate of drug-likeness (QED) is 0.245. The van der Waals surface area contributed by atoms with Gasteiger partial charge in [0.25, 0.3) is 0 Å². The lowest BCUT2D eigenvalue weighted by Crippen LogP contribution is -2.09. The molecule has 164 valence electrons. The van der Waals surface area contributed by atoms with Crippen LogP contribution < -0.4 is 0 Å². The van der Waals surface area contributed by atoms with Crippen molar-refractivity contribution in [2.75, 3.05) is 0 Å². The first-order chi connectivity index (χ1) is 14.5. The Morgan fingerprint density at radius 3 is 1.67 bits per heavy atom. The minimum absolute atomic E-state index is 0.522. The van der Waals surface area contributed by atoms with Crippen LogP contribution in [0.2, 0.25) is 6.32 Å². The number of aldehydes is 2. The van der Waals surface area contributed by atoms with Crippen LogP contribution in [0.25, 0.3) is 0 Å². The molecule has 0 saturated carbocycles. The summed E-state index contributed by atoms with van der Waals surface area (Å²) in [6.07, 6.45) is 10.3. The van der Waals surface area contributed by atoms with Gasteiger partial charge in [-0.2, -0.15) is 0 Å². The first-order valence-electron chi connectivity index (χ1n) is 10.6. The molecule has 0 aliphatic rings. The maximum Gasteiger partial charge on any atom is 0.451 e. The third-order valence-electron chi connectivity index (χ3n) is 4.26. The molecule has 2 aromatic rings. The van der Waals surface area contributed by atoms with Crippen LogP contribution in [0.4, 0.5) is 0 Å². The molecule has 0 saturated heterocycles. The summed E-state index contributed by atoms with van der Waals surface area (Å²) in [6, 6.07) is 15.0. The summed E-state index contributed by atoms with van der Waals surface area (Å²) >= 11 is 3.26. The van der Waals surface area contributed by atoms with Crippen molar-refractivity contribution in [3.63, 3.8) is 0 Å². The summed E-state index contributed by atoms with van der Waals surface area (Å²) in [6.45, 7) is 4.29. The van der Waals surface area contributed by atoms with E-state index in [1.807, 2.05) is 36.4 Å². The average molecular weight is 477 g/mol. The molecule has 0 amide bonds. The highest BCUT2D eigenvalue weighted by Gasteiger charge is 2.03. The number of aryl methyl sites for hydroxylation is 1. The molecule has 0 heterocycles. The zero-order valence-electron chi connectivity index (χ0n) is 18.1.